The molecule has 3 aromatic rings. The van der Waals surface area contributed by atoms with Gasteiger partial charge in [-0.1, -0.05) is 17.3 Å². The maximum Gasteiger partial charge on any atom is 0.416 e. The fraction of sp³-hybridized carbons (Fsp3) is 0.333. The molecular weight excluding hydrogens is 373 g/mol. The fourth-order valence-electron chi connectivity index (χ4n) is 2.52. The van der Waals surface area contributed by atoms with Crippen molar-refractivity contribution in [2.75, 3.05) is 26.0 Å². The minimum absolute atomic E-state index is 0.117. The lowest BCUT2D eigenvalue weighted by Crippen LogP contribution is -2.20. The van der Waals surface area contributed by atoms with E-state index in [1.165, 1.54) is 12.1 Å². The maximum absolute atomic E-state index is 12.9. The maximum atomic E-state index is 12.9. The van der Waals surface area contributed by atoms with E-state index in [4.69, 9.17) is 4.52 Å². The molecule has 0 aliphatic heterocycles. The third kappa shape index (κ3) is 4.83. The summed E-state index contributed by atoms with van der Waals surface area (Å²) in [6.07, 6.45) is -2.74. The highest BCUT2D eigenvalue weighted by Gasteiger charge is 2.30. The van der Waals surface area contributed by atoms with Crippen LogP contribution in [0.4, 0.5) is 19.1 Å². The molecule has 3 rings (SSSR count). The second-order valence-corrected chi connectivity index (χ2v) is 6.50. The van der Waals surface area contributed by atoms with Crippen LogP contribution in [0.1, 0.15) is 17.1 Å². The van der Waals surface area contributed by atoms with E-state index >= 15 is 0 Å². The van der Waals surface area contributed by atoms with E-state index in [0.717, 1.165) is 17.8 Å². The number of alkyl halides is 3. The van der Waals surface area contributed by atoms with E-state index in [-0.39, 0.29) is 11.4 Å². The normalized spacial score (nSPS) is 11.8. The summed E-state index contributed by atoms with van der Waals surface area (Å²) in [4.78, 5) is 16.5. The number of anilines is 1. The van der Waals surface area contributed by atoms with Crippen molar-refractivity contribution in [3.63, 3.8) is 0 Å². The molecule has 0 N–H and O–H groups in total. The Kier molecular flexibility index (Phi) is 5.59. The molecule has 1 aromatic carbocycles. The van der Waals surface area contributed by atoms with E-state index in [2.05, 4.69) is 20.1 Å². The summed E-state index contributed by atoms with van der Waals surface area (Å²) in [7, 11) is 5.57. The molecule has 148 valence electrons. The number of halogens is 3. The van der Waals surface area contributed by atoms with Crippen LogP contribution in [-0.4, -0.2) is 46.2 Å². The molecule has 0 bridgehead atoms. The third-order valence-corrected chi connectivity index (χ3v) is 3.85. The number of hydrogen-bond donors (Lipinski definition) is 0. The summed E-state index contributed by atoms with van der Waals surface area (Å²) < 4.78 is 43.8. The van der Waals surface area contributed by atoms with Gasteiger partial charge in [-0.15, -0.1) is 0 Å². The highest BCUT2D eigenvalue weighted by molar-refractivity contribution is 5.55. The molecule has 10 heteroatoms. The molecule has 0 saturated carbocycles. The van der Waals surface area contributed by atoms with Crippen molar-refractivity contribution < 1.29 is 17.7 Å². The Morgan fingerprint density at radius 2 is 1.82 bits per heavy atom. The van der Waals surface area contributed by atoms with Gasteiger partial charge in [-0.25, -0.2) is 9.97 Å². The Hall–Kier alpha value is -3.01. The van der Waals surface area contributed by atoms with Crippen LogP contribution in [-0.2, 0) is 19.3 Å². The average molecular weight is 392 g/mol. The molecule has 0 amide bonds. The molecule has 0 aliphatic carbocycles. The van der Waals surface area contributed by atoms with Crippen LogP contribution in [0.2, 0.25) is 0 Å². The first-order chi connectivity index (χ1) is 13.2. The van der Waals surface area contributed by atoms with Crippen LogP contribution < -0.4 is 4.90 Å². The molecule has 2 heterocycles. The molecule has 0 spiro atoms. The lowest BCUT2D eigenvalue weighted by molar-refractivity contribution is -0.137. The van der Waals surface area contributed by atoms with Gasteiger partial charge in [0.25, 0.3) is 0 Å². The predicted molar refractivity (Wildman–Crippen MR) is 96.3 cm³/mol. The summed E-state index contributed by atoms with van der Waals surface area (Å²) >= 11 is 0. The number of benzene rings is 1. The third-order valence-electron chi connectivity index (χ3n) is 3.85. The first-order valence-corrected chi connectivity index (χ1v) is 8.40. The van der Waals surface area contributed by atoms with Crippen molar-refractivity contribution in [2.24, 2.45) is 0 Å². The minimum atomic E-state index is -4.42. The van der Waals surface area contributed by atoms with Crippen molar-refractivity contribution in [2.45, 2.75) is 19.3 Å². The monoisotopic (exact) mass is 392 g/mol. The van der Waals surface area contributed by atoms with Crippen molar-refractivity contribution in [1.29, 1.82) is 0 Å². The second kappa shape index (κ2) is 7.93. The lowest BCUT2D eigenvalue weighted by Gasteiger charge is -2.15. The SMILES string of the molecule is CN(Cc1ccnc(N(C)C)n1)Cc1nc(-c2cccc(C(F)(F)F)c2)no1. The summed E-state index contributed by atoms with van der Waals surface area (Å²) in [6, 6.07) is 6.64. The van der Waals surface area contributed by atoms with Gasteiger partial charge in [0.2, 0.25) is 17.7 Å². The number of hydrogen-bond acceptors (Lipinski definition) is 7. The van der Waals surface area contributed by atoms with Gasteiger partial charge in [-0.2, -0.15) is 18.2 Å². The van der Waals surface area contributed by atoms with E-state index in [1.807, 2.05) is 37.0 Å². The Labute approximate surface area is 159 Å². The Morgan fingerprint density at radius 3 is 2.54 bits per heavy atom. The van der Waals surface area contributed by atoms with Crippen molar-refractivity contribution in [1.82, 2.24) is 25.0 Å². The molecule has 0 atom stereocenters. The molecule has 28 heavy (non-hydrogen) atoms. The fourth-order valence-corrected chi connectivity index (χ4v) is 2.52. The van der Waals surface area contributed by atoms with E-state index in [9.17, 15) is 13.2 Å². The molecule has 0 aliphatic rings. The average Bonchev–Trinajstić information content (AvgIpc) is 3.09. The number of nitrogens with zero attached hydrogens (tertiary/aromatic N) is 6. The standard InChI is InChI=1S/C18H19F3N6O/c1-26(2)17-22-8-7-14(23-17)10-27(3)11-15-24-16(25-28-15)12-5-4-6-13(9-12)18(19,20)21/h4-9H,10-11H2,1-3H3. The molecule has 7 nitrogen and oxygen atoms in total. The van der Waals surface area contributed by atoms with Crippen molar-refractivity contribution in [3.05, 3.63) is 53.7 Å². The number of rotatable bonds is 6. The minimum Gasteiger partial charge on any atom is -0.347 e. The van der Waals surface area contributed by atoms with Crippen LogP contribution >= 0.6 is 0 Å². The molecular formula is C18H19F3N6O. The number of aromatic nitrogens is 4. The zero-order valence-corrected chi connectivity index (χ0v) is 15.6. The van der Waals surface area contributed by atoms with Crippen molar-refractivity contribution >= 4 is 5.95 Å². The van der Waals surface area contributed by atoms with E-state index in [0.29, 0.717) is 24.9 Å². The highest BCUT2D eigenvalue weighted by atomic mass is 19.4. The zero-order valence-electron chi connectivity index (χ0n) is 15.6. The van der Waals surface area contributed by atoms with Gasteiger partial charge >= 0.3 is 6.18 Å². The zero-order chi connectivity index (χ0) is 20.3. The Bertz CT molecular complexity index is 941. The molecule has 2 aromatic heterocycles. The van der Waals surface area contributed by atoms with Crippen LogP contribution in [0.15, 0.2) is 41.1 Å². The first kappa shape index (κ1) is 19.7. The topological polar surface area (TPSA) is 71.2 Å². The molecule has 0 radical (unpaired) electrons. The summed E-state index contributed by atoms with van der Waals surface area (Å²) in [5.41, 5.74) is 0.312. The van der Waals surface area contributed by atoms with Gasteiger partial charge in [0, 0.05) is 32.4 Å². The van der Waals surface area contributed by atoms with Crippen LogP contribution in [0.5, 0.6) is 0 Å². The Balaban J connectivity index is 1.68. The quantitative estimate of drug-likeness (QED) is 0.638. The van der Waals surface area contributed by atoms with Gasteiger partial charge in [0.05, 0.1) is 17.8 Å². The van der Waals surface area contributed by atoms with Crippen LogP contribution in [0.25, 0.3) is 11.4 Å². The van der Waals surface area contributed by atoms with E-state index in [1.54, 1.807) is 6.20 Å². The molecule has 0 unspecified atom stereocenters. The van der Waals surface area contributed by atoms with Crippen molar-refractivity contribution in [3.8, 4) is 11.4 Å². The summed E-state index contributed by atoms with van der Waals surface area (Å²) in [5, 5.41) is 3.79. The molecule has 0 fully saturated rings. The van der Waals surface area contributed by atoms with Gasteiger partial charge < -0.3 is 9.42 Å². The summed E-state index contributed by atoms with van der Waals surface area (Å²) in [5.74, 6) is 1.03. The smallest absolute Gasteiger partial charge is 0.347 e. The first-order valence-electron chi connectivity index (χ1n) is 8.40. The van der Waals surface area contributed by atoms with Gasteiger partial charge in [0.15, 0.2) is 0 Å². The van der Waals surface area contributed by atoms with E-state index < -0.39 is 11.7 Å². The van der Waals surface area contributed by atoms with Gasteiger partial charge in [0.1, 0.15) is 0 Å². The van der Waals surface area contributed by atoms with Crippen LogP contribution in [0.3, 0.4) is 0 Å². The lowest BCUT2D eigenvalue weighted by atomic mass is 10.1. The Morgan fingerprint density at radius 1 is 1.04 bits per heavy atom. The van der Waals surface area contributed by atoms with Crippen LogP contribution in [0, 0.1) is 0 Å². The van der Waals surface area contributed by atoms with Gasteiger partial charge in [-0.05, 0) is 25.2 Å². The second-order valence-electron chi connectivity index (χ2n) is 6.50. The van der Waals surface area contributed by atoms with Gasteiger partial charge in [-0.3, -0.25) is 4.90 Å². The molecule has 0 saturated heterocycles. The predicted octanol–water partition coefficient (Wildman–Crippen LogP) is 3.24. The summed E-state index contributed by atoms with van der Waals surface area (Å²) in [6.45, 7) is 0.845. The highest BCUT2D eigenvalue weighted by Crippen LogP contribution is 2.31. The largest absolute Gasteiger partial charge is 0.416 e.